The average molecular weight is 339 g/mol. The Kier molecular flexibility index (Phi) is 5.57. The van der Waals surface area contributed by atoms with Crippen LogP contribution in [0.2, 0.25) is 0 Å². The molecule has 22 heavy (non-hydrogen) atoms. The fourth-order valence-electron chi connectivity index (χ4n) is 1.82. The van der Waals surface area contributed by atoms with Gasteiger partial charge in [0, 0.05) is 11.3 Å². The summed E-state index contributed by atoms with van der Waals surface area (Å²) in [7, 11) is -1.95. The van der Waals surface area contributed by atoms with E-state index in [0.717, 1.165) is 4.88 Å². The number of rotatable bonds is 7. The first-order valence-corrected chi connectivity index (χ1v) is 9.20. The summed E-state index contributed by atoms with van der Waals surface area (Å²) >= 11 is 1.54. The lowest BCUT2D eigenvalue weighted by Crippen LogP contribution is -2.24. The molecule has 0 saturated heterocycles. The molecule has 1 heterocycles. The highest BCUT2D eigenvalue weighted by molar-refractivity contribution is 7.91. The lowest BCUT2D eigenvalue weighted by atomic mass is 10.3. The molecular weight excluding hydrogens is 322 g/mol. The monoisotopic (exact) mass is 339 g/mol. The fraction of sp³-hybridized carbons (Fsp3) is 0.267. The van der Waals surface area contributed by atoms with Gasteiger partial charge in [0.2, 0.25) is 5.91 Å². The molecule has 0 bridgehead atoms. The lowest BCUT2D eigenvalue weighted by molar-refractivity contribution is -0.120. The van der Waals surface area contributed by atoms with Crippen molar-refractivity contribution in [3.63, 3.8) is 0 Å². The van der Waals surface area contributed by atoms with Crippen LogP contribution in [0.3, 0.4) is 0 Å². The molecule has 118 valence electrons. The first-order chi connectivity index (χ1) is 10.5. The summed E-state index contributed by atoms with van der Waals surface area (Å²) in [6, 6.07) is 9.96. The minimum atomic E-state index is -3.47. The Morgan fingerprint density at radius 2 is 1.95 bits per heavy atom. The molecule has 1 aromatic carbocycles. The number of amides is 1. The summed E-state index contributed by atoms with van der Waals surface area (Å²) in [6.45, 7) is 0.430. The van der Waals surface area contributed by atoms with Crippen molar-refractivity contribution in [1.82, 2.24) is 5.32 Å². The molecule has 0 aliphatic carbocycles. The van der Waals surface area contributed by atoms with Crippen LogP contribution >= 0.6 is 11.3 Å². The smallest absolute Gasteiger partial charge is 0.221 e. The number of carbonyl (C=O) groups is 1. The van der Waals surface area contributed by atoms with E-state index >= 15 is 0 Å². The van der Waals surface area contributed by atoms with Crippen molar-refractivity contribution < 1.29 is 17.9 Å². The Labute approximate surface area is 133 Å². The van der Waals surface area contributed by atoms with Crippen molar-refractivity contribution in [3.8, 4) is 5.75 Å². The molecule has 2 aromatic rings. The van der Waals surface area contributed by atoms with Crippen molar-refractivity contribution in [1.29, 1.82) is 0 Å². The quantitative estimate of drug-likeness (QED) is 0.840. The average Bonchev–Trinajstić information content (AvgIpc) is 3.04. The van der Waals surface area contributed by atoms with Crippen LogP contribution in [0, 0.1) is 0 Å². The Balaban J connectivity index is 1.87. The van der Waals surface area contributed by atoms with Crippen LogP contribution in [-0.4, -0.2) is 27.2 Å². The van der Waals surface area contributed by atoms with Crippen LogP contribution in [0.25, 0.3) is 0 Å². The van der Waals surface area contributed by atoms with Crippen LogP contribution < -0.4 is 10.1 Å². The Hall–Kier alpha value is -1.86. The molecule has 1 N–H and O–H groups in total. The van der Waals surface area contributed by atoms with E-state index in [1.807, 2.05) is 17.5 Å². The van der Waals surface area contributed by atoms with Crippen molar-refractivity contribution in [3.05, 3.63) is 46.7 Å². The second-order valence-electron chi connectivity index (χ2n) is 4.60. The molecule has 0 spiro atoms. The van der Waals surface area contributed by atoms with Crippen LogP contribution in [0.4, 0.5) is 0 Å². The largest absolute Gasteiger partial charge is 0.497 e. The van der Waals surface area contributed by atoms with Gasteiger partial charge < -0.3 is 10.1 Å². The molecule has 0 aliphatic heterocycles. The zero-order valence-corrected chi connectivity index (χ0v) is 13.7. The molecule has 0 radical (unpaired) electrons. The molecule has 1 amide bonds. The molecule has 5 nitrogen and oxygen atoms in total. The van der Waals surface area contributed by atoms with Gasteiger partial charge in [0.15, 0.2) is 9.84 Å². The summed E-state index contributed by atoms with van der Waals surface area (Å²) in [5, 5.41) is 4.64. The molecule has 0 aliphatic rings. The number of sulfone groups is 1. The van der Waals surface area contributed by atoms with Gasteiger partial charge in [0.05, 0.1) is 24.3 Å². The zero-order valence-electron chi connectivity index (χ0n) is 12.1. The van der Waals surface area contributed by atoms with Gasteiger partial charge in [-0.05, 0) is 35.7 Å². The third kappa shape index (κ3) is 4.57. The Morgan fingerprint density at radius 1 is 1.23 bits per heavy atom. The predicted octanol–water partition coefficient (Wildman–Crippen LogP) is 2.24. The molecular formula is C15H17NO4S2. The summed E-state index contributed by atoms with van der Waals surface area (Å²) in [5.74, 6) is 0.105. The number of ether oxygens (including phenoxy) is 1. The first kappa shape index (κ1) is 16.5. The number of nitrogens with one attached hydrogen (secondary N) is 1. The highest BCUT2D eigenvalue weighted by atomic mass is 32.2. The number of hydrogen-bond acceptors (Lipinski definition) is 5. The van der Waals surface area contributed by atoms with Crippen molar-refractivity contribution in [2.24, 2.45) is 0 Å². The highest BCUT2D eigenvalue weighted by Gasteiger charge is 2.16. The van der Waals surface area contributed by atoms with Gasteiger partial charge in [0.25, 0.3) is 0 Å². The van der Waals surface area contributed by atoms with Crippen LogP contribution in [-0.2, 0) is 21.2 Å². The second kappa shape index (κ2) is 7.42. The second-order valence-corrected chi connectivity index (χ2v) is 7.74. The minimum absolute atomic E-state index is 0.0558. The van der Waals surface area contributed by atoms with E-state index in [4.69, 9.17) is 4.74 Å². The zero-order chi connectivity index (χ0) is 16.0. The maximum Gasteiger partial charge on any atom is 0.221 e. The van der Waals surface area contributed by atoms with Gasteiger partial charge >= 0.3 is 0 Å². The van der Waals surface area contributed by atoms with Gasteiger partial charge in [-0.25, -0.2) is 8.42 Å². The number of hydrogen-bond donors (Lipinski definition) is 1. The van der Waals surface area contributed by atoms with E-state index in [1.165, 1.54) is 19.2 Å². The molecule has 2 rings (SSSR count). The third-order valence-corrected chi connectivity index (χ3v) is 5.66. The van der Waals surface area contributed by atoms with Gasteiger partial charge in [-0.1, -0.05) is 6.07 Å². The summed E-state index contributed by atoms with van der Waals surface area (Å²) in [6.07, 6.45) is -0.0558. The summed E-state index contributed by atoms with van der Waals surface area (Å²) < 4.78 is 29.3. The van der Waals surface area contributed by atoms with E-state index in [2.05, 4.69) is 5.32 Å². The maximum atomic E-state index is 12.2. The molecule has 0 fully saturated rings. The van der Waals surface area contributed by atoms with E-state index < -0.39 is 9.84 Å². The van der Waals surface area contributed by atoms with Gasteiger partial charge in [-0.2, -0.15) is 0 Å². The topological polar surface area (TPSA) is 72.5 Å². The molecule has 0 atom stereocenters. The van der Waals surface area contributed by atoms with Crippen molar-refractivity contribution in [2.45, 2.75) is 17.9 Å². The molecule has 7 heteroatoms. The van der Waals surface area contributed by atoms with Crippen molar-refractivity contribution >= 4 is 27.1 Å². The SMILES string of the molecule is COc1ccc(S(=O)(=O)CCC(=O)NCc2cccs2)cc1. The van der Waals surface area contributed by atoms with E-state index in [-0.39, 0.29) is 23.0 Å². The first-order valence-electron chi connectivity index (χ1n) is 6.67. The number of methoxy groups -OCH3 is 1. The fourth-order valence-corrected chi connectivity index (χ4v) is 3.70. The van der Waals surface area contributed by atoms with E-state index in [0.29, 0.717) is 12.3 Å². The Bertz CT molecular complexity index is 707. The number of carbonyl (C=O) groups excluding carboxylic acids is 1. The van der Waals surface area contributed by atoms with Crippen LogP contribution in [0.5, 0.6) is 5.75 Å². The number of thiophene rings is 1. The highest BCUT2D eigenvalue weighted by Crippen LogP contribution is 2.17. The standard InChI is InChI=1S/C15H17NO4S2/c1-20-12-4-6-14(7-5-12)22(18,19)10-8-15(17)16-11-13-3-2-9-21-13/h2-7,9H,8,10-11H2,1H3,(H,16,17). The van der Waals surface area contributed by atoms with Crippen LogP contribution in [0.15, 0.2) is 46.7 Å². The van der Waals surface area contributed by atoms with Gasteiger partial charge in [-0.3, -0.25) is 4.79 Å². The van der Waals surface area contributed by atoms with E-state index in [9.17, 15) is 13.2 Å². The predicted molar refractivity (Wildman–Crippen MR) is 85.8 cm³/mol. The minimum Gasteiger partial charge on any atom is -0.497 e. The van der Waals surface area contributed by atoms with Crippen molar-refractivity contribution in [2.75, 3.05) is 12.9 Å². The Morgan fingerprint density at radius 3 is 2.55 bits per heavy atom. The molecule has 0 unspecified atom stereocenters. The van der Waals surface area contributed by atoms with Gasteiger partial charge in [0.1, 0.15) is 5.75 Å². The summed E-state index contributed by atoms with van der Waals surface area (Å²) in [4.78, 5) is 13.0. The molecule has 1 aromatic heterocycles. The maximum absolute atomic E-state index is 12.2. The summed E-state index contributed by atoms with van der Waals surface area (Å²) in [5.41, 5.74) is 0. The van der Waals surface area contributed by atoms with Gasteiger partial charge in [-0.15, -0.1) is 11.3 Å². The van der Waals surface area contributed by atoms with E-state index in [1.54, 1.807) is 23.5 Å². The lowest BCUT2D eigenvalue weighted by Gasteiger charge is -2.06. The van der Waals surface area contributed by atoms with Crippen LogP contribution in [0.1, 0.15) is 11.3 Å². The molecule has 0 saturated carbocycles. The third-order valence-electron chi connectivity index (χ3n) is 3.06. The normalized spacial score (nSPS) is 11.1. The number of benzene rings is 1.